The Labute approximate surface area is 122 Å². The maximum atomic E-state index is 12.5. The summed E-state index contributed by atoms with van der Waals surface area (Å²) in [5.74, 6) is 1.99. The SMILES string of the molecule is CC(C)(OC(=O)C1CC2CCC1C2)C1CCC(O)CC1. The molecule has 3 saturated carbocycles. The van der Waals surface area contributed by atoms with Crippen molar-refractivity contribution in [2.45, 2.75) is 76.9 Å². The van der Waals surface area contributed by atoms with Gasteiger partial charge < -0.3 is 9.84 Å². The molecule has 0 aromatic carbocycles. The van der Waals surface area contributed by atoms with E-state index in [9.17, 15) is 9.90 Å². The molecule has 0 aromatic heterocycles. The van der Waals surface area contributed by atoms with Gasteiger partial charge in [-0.25, -0.2) is 0 Å². The molecule has 3 unspecified atom stereocenters. The minimum absolute atomic E-state index is 0.0494. The highest BCUT2D eigenvalue weighted by atomic mass is 16.6. The van der Waals surface area contributed by atoms with E-state index in [0.29, 0.717) is 11.8 Å². The Morgan fingerprint density at radius 2 is 1.75 bits per heavy atom. The van der Waals surface area contributed by atoms with Crippen LogP contribution in [-0.2, 0) is 9.53 Å². The van der Waals surface area contributed by atoms with Gasteiger partial charge >= 0.3 is 5.97 Å². The van der Waals surface area contributed by atoms with Gasteiger partial charge in [-0.1, -0.05) is 6.42 Å². The third-order valence-corrected chi connectivity index (χ3v) is 6.08. The first-order valence-corrected chi connectivity index (χ1v) is 8.36. The van der Waals surface area contributed by atoms with Gasteiger partial charge in [0.15, 0.2) is 0 Å². The van der Waals surface area contributed by atoms with Crippen LogP contribution in [0.1, 0.15) is 65.2 Å². The van der Waals surface area contributed by atoms with Crippen LogP contribution in [0.25, 0.3) is 0 Å². The molecule has 0 aromatic rings. The van der Waals surface area contributed by atoms with Crippen LogP contribution in [0.5, 0.6) is 0 Å². The average molecular weight is 280 g/mol. The van der Waals surface area contributed by atoms with Crippen molar-refractivity contribution in [1.29, 1.82) is 0 Å². The molecule has 3 fully saturated rings. The Bertz CT molecular complexity index is 368. The second-order valence-corrected chi connectivity index (χ2v) is 7.81. The van der Waals surface area contributed by atoms with Crippen LogP contribution in [0, 0.1) is 23.7 Å². The molecule has 3 rings (SSSR count). The number of hydrogen-bond acceptors (Lipinski definition) is 3. The van der Waals surface area contributed by atoms with Crippen molar-refractivity contribution in [3.05, 3.63) is 0 Å². The van der Waals surface area contributed by atoms with Gasteiger partial charge in [0, 0.05) is 0 Å². The average Bonchev–Trinajstić information content (AvgIpc) is 3.01. The van der Waals surface area contributed by atoms with E-state index >= 15 is 0 Å². The minimum atomic E-state index is -0.376. The molecule has 2 bridgehead atoms. The van der Waals surface area contributed by atoms with E-state index in [1.165, 1.54) is 19.3 Å². The molecule has 3 heteroatoms. The molecule has 3 atom stereocenters. The number of esters is 1. The van der Waals surface area contributed by atoms with Gasteiger partial charge in [0.2, 0.25) is 0 Å². The highest BCUT2D eigenvalue weighted by Gasteiger charge is 2.46. The summed E-state index contributed by atoms with van der Waals surface area (Å²) in [4.78, 5) is 12.5. The maximum absolute atomic E-state index is 12.5. The zero-order chi connectivity index (χ0) is 14.3. The van der Waals surface area contributed by atoms with Crippen LogP contribution in [0.3, 0.4) is 0 Å². The van der Waals surface area contributed by atoms with Crippen molar-refractivity contribution >= 4 is 5.97 Å². The van der Waals surface area contributed by atoms with Crippen molar-refractivity contribution in [2.75, 3.05) is 0 Å². The van der Waals surface area contributed by atoms with E-state index in [2.05, 4.69) is 13.8 Å². The van der Waals surface area contributed by atoms with Gasteiger partial charge in [-0.15, -0.1) is 0 Å². The molecule has 114 valence electrons. The van der Waals surface area contributed by atoms with Crippen molar-refractivity contribution in [3.63, 3.8) is 0 Å². The van der Waals surface area contributed by atoms with E-state index in [-0.39, 0.29) is 23.6 Å². The molecular weight excluding hydrogens is 252 g/mol. The molecule has 0 amide bonds. The van der Waals surface area contributed by atoms with Crippen molar-refractivity contribution in [3.8, 4) is 0 Å². The van der Waals surface area contributed by atoms with E-state index in [4.69, 9.17) is 4.74 Å². The molecule has 3 aliphatic carbocycles. The zero-order valence-corrected chi connectivity index (χ0v) is 12.8. The lowest BCUT2D eigenvalue weighted by atomic mass is 9.77. The second-order valence-electron chi connectivity index (χ2n) is 7.81. The summed E-state index contributed by atoms with van der Waals surface area (Å²) in [6, 6.07) is 0. The molecule has 3 nitrogen and oxygen atoms in total. The highest BCUT2D eigenvalue weighted by molar-refractivity contribution is 5.74. The van der Waals surface area contributed by atoms with Gasteiger partial charge in [-0.05, 0) is 76.5 Å². The van der Waals surface area contributed by atoms with Crippen LogP contribution in [0.4, 0.5) is 0 Å². The Kier molecular flexibility index (Phi) is 3.83. The third kappa shape index (κ3) is 2.74. The summed E-state index contributed by atoms with van der Waals surface area (Å²) in [6.07, 6.45) is 8.33. The number of carbonyl (C=O) groups is 1. The first-order chi connectivity index (χ1) is 9.45. The fourth-order valence-corrected chi connectivity index (χ4v) is 4.72. The highest BCUT2D eigenvalue weighted by Crippen LogP contribution is 2.49. The Morgan fingerprint density at radius 1 is 1.05 bits per heavy atom. The molecule has 0 heterocycles. The van der Waals surface area contributed by atoms with Crippen molar-refractivity contribution in [2.24, 2.45) is 23.7 Å². The summed E-state index contributed by atoms with van der Waals surface area (Å²) in [5.41, 5.74) is -0.376. The summed E-state index contributed by atoms with van der Waals surface area (Å²) in [6.45, 7) is 4.11. The normalized spacial score (nSPS) is 40.9. The van der Waals surface area contributed by atoms with E-state index in [0.717, 1.165) is 38.0 Å². The van der Waals surface area contributed by atoms with Crippen molar-refractivity contribution < 1.29 is 14.6 Å². The molecule has 0 aliphatic heterocycles. The number of fused-ring (bicyclic) bond motifs is 2. The molecule has 3 aliphatic rings. The molecule has 0 saturated heterocycles. The van der Waals surface area contributed by atoms with E-state index < -0.39 is 0 Å². The predicted octanol–water partition coefficient (Wildman–Crippen LogP) is 3.30. The van der Waals surface area contributed by atoms with Crippen LogP contribution >= 0.6 is 0 Å². The number of aliphatic hydroxyl groups is 1. The quantitative estimate of drug-likeness (QED) is 0.807. The topological polar surface area (TPSA) is 46.5 Å². The number of carbonyl (C=O) groups excluding carboxylic acids is 1. The lowest BCUT2D eigenvalue weighted by Crippen LogP contribution is -2.41. The fourth-order valence-electron chi connectivity index (χ4n) is 4.72. The van der Waals surface area contributed by atoms with Crippen LogP contribution in [0.2, 0.25) is 0 Å². The monoisotopic (exact) mass is 280 g/mol. The number of ether oxygens (including phenoxy) is 1. The lowest BCUT2D eigenvalue weighted by Gasteiger charge is -2.38. The Balaban J connectivity index is 1.57. The molecule has 0 spiro atoms. The summed E-state index contributed by atoms with van der Waals surface area (Å²) in [7, 11) is 0. The van der Waals surface area contributed by atoms with Crippen LogP contribution < -0.4 is 0 Å². The summed E-state index contributed by atoms with van der Waals surface area (Å²) < 4.78 is 5.93. The minimum Gasteiger partial charge on any atom is -0.459 e. The molecule has 20 heavy (non-hydrogen) atoms. The van der Waals surface area contributed by atoms with Crippen LogP contribution in [-0.4, -0.2) is 22.8 Å². The van der Waals surface area contributed by atoms with Gasteiger partial charge in [-0.3, -0.25) is 4.79 Å². The number of aliphatic hydroxyl groups excluding tert-OH is 1. The second kappa shape index (κ2) is 5.32. The van der Waals surface area contributed by atoms with E-state index in [1.54, 1.807) is 0 Å². The number of rotatable bonds is 3. The van der Waals surface area contributed by atoms with Gasteiger partial charge in [-0.2, -0.15) is 0 Å². The van der Waals surface area contributed by atoms with Gasteiger partial charge in [0.25, 0.3) is 0 Å². The molecule has 1 N–H and O–H groups in total. The van der Waals surface area contributed by atoms with E-state index in [1.807, 2.05) is 0 Å². The summed E-state index contributed by atoms with van der Waals surface area (Å²) >= 11 is 0. The Hall–Kier alpha value is -0.570. The third-order valence-electron chi connectivity index (χ3n) is 6.08. The fraction of sp³-hybridized carbons (Fsp3) is 0.941. The first kappa shape index (κ1) is 14.4. The van der Waals surface area contributed by atoms with Gasteiger partial charge in [0.1, 0.15) is 5.60 Å². The molecule has 0 radical (unpaired) electrons. The predicted molar refractivity (Wildman–Crippen MR) is 77.1 cm³/mol. The maximum Gasteiger partial charge on any atom is 0.309 e. The molecular formula is C17H28O3. The van der Waals surface area contributed by atoms with Gasteiger partial charge in [0.05, 0.1) is 12.0 Å². The number of hydrogen-bond donors (Lipinski definition) is 1. The Morgan fingerprint density at radius 3 is 2.30 bits per heavy atom. The first-order valence-electron chi connectivity index (χ1n) is 8.36. The largest absolute Gasteiger partial charge is 0.459 e. The van der Waals surface area contributed by atoms with Crippen LogP contribution in [0.15, 0.2) is 0 Å². The summed E-state index contributed by atoms with van der Waals surface area (Å²) in [5, 5.41) is 9.61. The standard InChI is InChI=1S/C17H28O3/c1-17(2,13-5-7-14(18)8-6-13)20-16(19)15-10-11-3-4-12(15)9-11/h11-15,18H,3-10H2,1-2H3. The van der Waals surface area contributed by atoms with Crippen molar-refractivity contribution in [1.82, 2.24) is 0 Å². The zero-order valence-electron chi connectivity index (χ0n) is 12.8. The smallest absolute Gasteiger partial charge is 0.309 e. The lowest BCUT2D eigenvalue weighted by molar-refractivity contribution is -0.170.